The van der Waals surface area contributed by atoms with Crippen molar-refractivity contribution < 1.29 is 9.59 Å². The number of carbonyl (C=O) groups is 2. The molecule has 2 aromatic rings. The second kappa shape index (κ2) is 8.19. The Morgan fingerprint density at radius 2 is 2.19 bits per heavy atom. The number of nitriles is 1. The Hall–Kier alpha value is -2.91. The normalized spacial score (nSPS) is 16.4. The van der Waals surface area contributed by atoms with E-state index in [0.29, 0.717) is 18.0 Å². The fourth-order valence-corrected chi connectivity index (χ4v) is 4.02. The molecule has 0 radical (unpaired) electrons. The van der Waals surface area contributed by atoms with Crippen molar-refractivity contribution >= 4 is 28.8 Å². The molecule has 5 nitrogen and oxygen atoms in total. The molecule has 0 spiro atoms. The van der Waals surface area contributed by atoms with Crippen LogP contribution >= 0.6 is 11.3 Å². The van der Waals surface area contributed by atoms with Crippen molar-refractivity contribution in [1.82, 2.24) is 4.90 Å². The Kier molecular flexibility index (Phi) is 5.72. The van der Waals surface area contributed by atoms with Gasteiger partial charge in [-0.05, 0) is 55.2 Å². The topological polar surface area (TPSA) is 73.2 Å². The SMILES string of the molecule is C=CC(=O)N1CCCC(C(=O)Nc2cc(-c3ccc(C#N)s3)ccc2C)C1. The molecule has 2 heterocycles. The summed E-state index contributed by atoms with van der Waals surface area (Å²) < 4.78 is 0. The third kappa shape index (κ3) is 4.26. The number of nitrogens with zero attached hydrogens (tertiary/aromatic N) is 2. The van der Waals surface area contributed by atoms with Gasteiger partial charge in [0.05, 0.1) is 5.92 Å². The number of carbonyl (C=O) groups excluding carboxylic acids is 2. The van der Waals surface area contributed by atoms with Crippen molar-refractivity contribution in [1.29, 1.82) is 5.26 Å². The molecule has 1 N–H and O–H groups in total. The second-order valence-corrected chi connectivity index (χ2v) is 7.71. The zero-order chi connectivity index (χ0) is 19.4. The molecule has 0 saturated carbocycles. The molecular formula is C21H21N3O2S. The lowest BCUT2D eigenvalue weighted by Crippen LogP contribution is -2.43. The van der Waals surface area contributed by atoms with E-state index in [9.17, 15) is 9.59 Å². The van der Waals surface area contributed by atoms with Gasteiger partial charge in [-0.1, -0.05) is 18.7 Å². The second-order valence-electron chi connectivity index (χ2n) is 6.62. The van der Waals surface area contributed by atoms with Gasteiger partial charge >= 0.3 is 0 Å². The molecule has 0 aliphatic carbocycles. The molecule has 0 bridgehead atoms. The molecule has 27 heavy (non-hydrogen) atoms. The van der Waals surface area contributed by atoms with Gasteiger partial charge in [-0.2, -0.15) is 5.26 Å². The molecule has 1 aliphatic rings. The summed E-state index contributed by atoms with van der Waals surface area (Å²) >= 11 is 1.43. The van der Waals surface area contributed by atoms with E-state index >= 15 is 0 Å². The Balaban J connectivity index is 1.75. The molecule has 1 aromatic carbocycles. The largest absolute Gasteiger partial charge is 0.338 e. The number of aryl methyl sites for hydroxylation is 1. The maximum absolute atomic E-state index is 12.8. The number of hydrogen-bond donors (Lipinski definition) is 1. The highest BCUT2D eigenvalue weighted by Gasteiger charge is 2.27. The van der Waals surface area contributed by atoms with Crippen molar-refractivity contribution in [3.05, 3.63) is 53.4 Å². The maximum Gasteiger partial charge on any atom is 0.245 e. The number of nitrogens with one attached hydrogen (secondary N) is 1. The van der Waals surface area contributed by atoms with Crippen molar-refractivity contribution in [3.63, 3.8) is 0 Å². The highest BCUT2D eigenvalue weighted by atomic mass is 32.1. The van der Waals surface area contributed by atoms with Crippen LogP contribution < -0.4 is 5.32 Å². The summed E-state index contributed by atoms with van der Waals surface area (Å²) in [6.45, 7) is 6.56. The van der Waals surface area contributed by atoms with Crippen LogP contribution in [0.5, 0.6) is 0 Å². The Bertz CT molecular complexity index is 926. The first-order chi connectivity index (χ1) is 13.0. The van der Waals surface area contributed by atoms with Crippen molar-refractivity contribution in [2.45, 2.75) is 19.8 Å². The van der Waals surface area contributed by atoms with Gasteiger partial charge in [0.2, 0.25) is 11.8 Å². The van der Waals surface area contributed by atoms with E-state index < -0.39 is 0 Å². The van der Waals surface area contributed by atoms with E-state index in [1.54, 1.807) is 11.0 Å². The number of rotatable bonds is 4. The summed E-state index contributed by atoms with van der Waals surface area (Å²) in [5.41, 5.74) is 2.70. The van der Waals surface area contributed by atoms with Gasteiger partial charge < -0.3 is 10.2 Å². The third-order valence-electron chi connectivity index (χ3n) is 4.77. The highest BCUT2D eigenvalue weighted by Crippen LogP contribution is 2.31. The first kappa shape index (κ1) is 18.9. The number of benzene rings is 1. The molecule has 1 unspecified atom stereocenters. The zero-order valence-corrected chi connectivity index (χ0v) is 16.0. The minimum atomic E-state index is -0.224. The predicted octanol–water partition coefficient (Wildman–Crippen LogP) is 3.96. The number of piperidine rings is 1. The summed E-state index contributed by atoms with van der Waals surface area (Å²) in [5, 5.41) is 12.0. The average molecular weight is 379 g/mol. The summed E-state index contributed by atoms with van der Waals surface area (Å²) in [6, 6.07) is 11.8. The van der Waals surface area contributed by atoms with E-state index in [1.807, 2.05) is 31.2 Å². The van der Waals surface area contributed by atoms with Crippen molar-refractivity contribution in [2.75, 3.05) is 18.4 Å². The summed E-state index contributed by atoms with van der Waals surface area (Å²) in [7, 11) is 0. The van der Waals surface area contributed by atoms with E-state index in [0.717, 1.165) is 34.5 Å². The molecule has 3 rings (SSSR count). The summed E-state index contributed by atoms with van der Waals surface area (Å²) in [4.78, 5) is 27.9. The molecule has 2 amide bonds. The van der Waals surface area contributed by atoms with Crippen LogP contribution in [-0.2, 0) is 9.59 Å². The molecule has 1 aromatic heterocycles. The number of anilines is 1. The van der Waals surface area contributed by atoms with Crippen LogP contribution in [0.1, 0.15) is 23.3 Å². The lowest BCUT2D eigenvalue weighted by atomic mass is 9.96. The smallest absolute Gasteiger partial charge is 0.245 e. The van der Waals surface area contributed by atoms with Gasteiger partial charge in [-0.25, -0.2) is 0 Å². The quantitative estimate of drug-likeness (QED) is 0.817. The van der Waals surface area contributed by atoms with Crippen LogP contribution in [0.25, 0.3) is 10.4 Å². The number of thiophene rings is 1. The van der Waals surface area contributed by atoms with Crippen LogP contribution in [0, 0.1) is 24.2 Å². The van der Waals surface area contributed by atoms with Gasteiger partial charge in [-0.3, -0.25) is 9.59 Å². The van der Waals surface area contributed by atoms with Gasteiger partial charge in [0.25, 0.3) is 0 Å². The first-order valence-electron chi connectivity index (χ1n) is 8.85. The number of hydrogen-bond acceptors (Lipinski definition) is 4. The Morgan fingerprint density at radius 1 is 1.37 bits per heavy atom. The fraction of sp³-hybridized carbons (Fsp3) is 0.286. The van der Waals surface area contributed by atoms with Crippen LogP contribution in [-0.4, -0.2) is 29.8 Å². The van der Waals surface area contributed by atoms with Crippen LogP contribution in [0.15, 0.2) is 43.0 Å². The zero-order valence-electron chi connectivity index (χ0n) is 15.2. The van der Waals surface area contributed by atoms with Crippen molar-refractivity contribution in [3.8, 4) is 16.5 Å². The van der Waals surface area contributed by atoms with E-state index in [1.165, 1.54) is 17.4 Å². The van der Waals surface area contributed by atoms with Gasteiger partial charge in [0, 0.05) is 23.7 Å². The van der Waals surface area contributed by atoms with Gasteiger partial charge in [-0.15, -0.1) is 11.3 Å². The average Bonchev–Trinajstić information content (AvgIpc) is 3.18. The number of likely N-dealkylation sites (tertiary alicyclic amines) is 1. The molecule has 1 fully saturated rings. The number of amides is 2. The van der Waals surface area contributed by atoms with E-state index in [4.69, 9.17) is 5.26 Å². The Labute approximate surface area is 162 Å². The molecule has 1 atom stereocenters. The van der Waals surface area contributed by atoms with Crippen molar-refractivity contribution in [2.24, 2.45) is 5.92 Å². The maximum atomic E-state index is 12.8. The van der Waals surface area contributed by atoms with E-state index in [-0.39, 0.29) is 17.7 Å². The molecule has 1 saturated heterocycles. The summed E-state index contributed by atoms with van der Waals surface area (Å²) in [5.74, 6) is -0.421. The standard InChI is InChI=1S/C21H21N3O2S/c1-3-20(25)24-10-4-5-16(13-24)21(26)23-18-11-15(7-6-14(18)2)19-9-8-17(12-22)27-19/h3,6-9,11,16H,1,4-5,10,13H2,2H3,(H,23,26). The minimum absolute atomic E-state index is 0.0688. The highest BCUT2D eigenvalue weighted by molar-refractivity contribution is 7.16. The van der Waals surface area contributed by atoms with Crippen LogP contribution in [0.3, 0.4) is 0 Å². The van der Waals surface area contributed by atoms with E-state index in [2.05, 4.69) is 18.0 Å². The van der Waals surface area contributed by atoms with Crippen LogP contribution in [0.2, 0.25) is 0 Å². The predicted molar refractivity (Wildman–Crippen MR) is 107 cm³/mol. The monoisotopic (exact) mass is 379 g/mol. The lowest BCUT2D eigenvalue weighted by Gasteiger charge is -2.31. The first-order valence-corrected chi connectivity index (χ1v) is 9.66. The summed E-state index contributed by atoms with van der Waals surface area (Å²) in [6.07, 6.45) is 2.87. The van der Waals surface area contributed by atoms with Gasteiger partial charge in [0.15, 0.2) is 0 Å². The minimum Gasteiger partial charge on any atom is -0.338 e. The third-order valence-corrected chi connectivity index (χ3v) is 5.81. The Morgan fingerprint density at radius 3 is 2.89 bits per heavy atom. The lowest BCUT2D eigenvalue weighted by molar-refractivity contribution is -0.130. The molecule has 138 valence electrons. The fourth-order valence-electron chi connectivity index (χ4n) is 3.22. The van der Waals surface area contributed by atoms with Gasteiger partial charge in [0.1, 0.15) is 10.9 Å². The van der Waals surface area contributed by atoms with Crippen LogP contribution in [0.4, 0.5) is 5.69 Å². The molecular weight excluding hydrogens is 358 g/mol. The molecule has 6 heteroatoms. The molecule has 1 aliphatic heterocycles.